The van der Waals surface area contributed by atoms with Crippen LogP contribution in [0.5, 0.6) is 5.75 Å². The topological polar surface area (TPSA) is 25.2 Å². The fourth-order valence-corrected chi connectivity index (χ4v) is 1.50. The number of phenolic OH excluding ortho intramolecular Hbond substituents is 1. The zero-order valence-corrected chi connectivity index (χ0v) is 7.29. The van der Waals surface area contributed by atoms with E-state index in [1.807, 2.05) is 17.7 Å². The molecular formula is C10H10FNO. The number of phenols is 1. The van der Waals surface area contributed by atoms with Crippen LogP contribution < -0.4 is 0 Å². The molecule has 0 saturated heterocycles. The molecule has 68 valence electrons. The van der Waals surface area contributed by atoms with Crippen LogP contribution in [0.2, 0.25) is 0 Å². The zero-order chi connectivity index (χ0) is 9.42. The number of aromatic nitrogens is 1. The minimum Gasteiger partial charge on any atom is -0.505 e. The number of nitrogens with zero attached hydrogens (tertiary/aromatic N) is 1. The zero-order valence-electron chi connectivity index (χ0n) is 7.29. The highest BCUT2D eigenvalue weighted by molar-refractivity contribution is 5.82. The Hall–Kier alpha value is -1.51. The van der Waals surface area contributed by atoms with Gasteiger partial charge in [-0.25, -0.2) is 4.39 Å². The van der Waals surface area contributed by atoms with Crippen LogP contribution in [0.3, 0.4) is 0 Å². The smallest absolute Gasteiger partial charge is 0.174 e. The number of hydrogen-bond donors (Lipinski definition) is 1. The summed E-state index contributed by atoms with van der Waals surface area (Å²) in [6.45, 7) is 2.79. The SMILES string of the molecule is CCn1ccc2c(F)c(O)ccc21. The average Bonchev–Trinajstić information content (AvgIpc) is 2.55. The van der Waals surface area contributed by atoms with Gasteiger partial charge in [0.05, 0.1) is 5.52 Å². The lowest BCUT2D eigenvalue weighted by atomic mass is 10.2. The summed E-state index contributed by atoms with van der Waals surface area (Å²) in [5, 5.41) is 9.59. The van der Waals surface area contributed by atoms with E-state index in [9.17, 15) is 4.39 Å². The largest absolute Gasteiger partial charge is 0.505 e. The van der Waals surface area contributed by atoms with Gasteiger partial charge in [-0.05, 0) is 25.1 Å². The molecule has 13 heavy (non-hydrogen) atoms. The standard InChI is InChI=1S/C10H10FNO/c1-2-12-6-5-7-8(12)3-4-9(13)10(7)11/h3-6,13H,2H2,1H3. The van der Waals surface area contributed by atoms with E-state index in [1.54, 1.807) is 12.1 Å². The van der Waals surface area contributed by atoms with Crippen molar-refractivity contribution in [3.05, 3.63) is 30.2 Å². The molecule has 0 bridgehead atoms. The first-order valence-corrected chi connectivity index (χ1v) is 4.20. The van der Waals surface area contributed by atoms with Gasteiger partial charge in [0.25, 0.3) is 0 Å². The minimum atomic E-state index is -0.537. The van der Waals surface area contributed by atoms with E-state index < -0.39 is 5.82 Å². The van der Waals surface area contributed by atoms with Gasteiger partial charge in [-0.3, -0.25) is 0 Å². The van der Waals surface area contributed by atoms with Gasteiger partial charge >= 0.3 is 0 Å². The maximum atomic E-state index is 13.3. The summed E-state index contributed by atoms with van der Waals surface area (Å²) in [7, 11) is 0. The molecule has 0 spiro atoms. The second-order valence-corrected chi connectivity index (χ2v) is 2.93. The van der Waals surface area contributed by atoms with Crippen molar-refractivity contribution in [3.8, 4) is 5.75 Å². The van der Waals surface area contributed by atoms with Gasteiger partial charge in [-0.1, -0.05) is 0 Å². The van der Waals surface area contributed by atoms with E-state index in [2.05, 4.69) is 0 Å². The summed E-state index contributed by atoms with van der Waals surface area (Å²) in [4.78, 5) is 0. The van der Waals surface area contributed by atoms with Crippen molar-refractivity contribution < 1.29 is 9.50 Å². The molecule has 2 aromatic rings. The predicted octanol–water partition coefficient (Wildman–Crippen LogP) is 2.51. The quantitative estimate of drug-likeness (QED) is 0.714. The molecule has 0 saturated carbocycles. The first kappa shape index (κ1) is 8.10. The Bertz CT molecular complexity index is 447. The summed E-state index contributed by atoms with van der Waals surface area (Å²) >= 11 is 0. The maximum Gasteiger partial charge on any atom is 0.174 e. The molecule has 2 rings (SSSR count). The molecule has 0 unspecified atom stereocenters. The molecule has 0 atom stereocenters. The molecule has 1 N–H and O–H groups in total. The average molecular weight is 179 g/mol. The Morgan fingerprint density at radius 1 is 1.38 bits per heavy atom. The summed E-state index contributed by atoms with van der Waals surface area (Å²) < 4.78 is 15.2. The summed E-state index contributed by atoms with van der Waals surface area (Å²) in [5.74, 6) is -0.828. The van der Waals surface area contributed by atoms with Gasteiger partial charge in [-0.2, -0.15) is 0 Å². The van der Waals surface area contributed by atoms with E-state index in [0.717, 1.165) is 12.1 Å². The maximum absolute atomic E-state index is 13.3. The molecule has 0 aliphatic rings. The molecule has 3 heteroatoms. The number of rotatable bonds is 1. The monoisotopic (exact) mass is 179 g/mol. The summed E-state index contributed by atoms with van der Waals surface area (Å²) in [6.07, 6.45) is 1.81. The fraction of sp³-hybridized carbons (Fsp3) is 0.200. The fourth-order valence-electron chi connectivity index (χ4n) is 1.50. The molecule has 0 amide bonds. The highest BCUT2D eigenvalue weighted by Gasteiger charge is 2.08. The molecular weight excluding hydrogens is 169 g/mol. The lowest BCUT2D eigenvalue weighted by Gasteiger charge is -2.01. The van der Waals surface area contributed by atoms with Crippen LogP contribution >= 0.6 is 0 Å². The van der Waals surface area contributed by atoms with E-state index in [-0.39, 0.29) is 5.75 Å². The van der Waals surface area contributed by atoms with E-state index in [1.165, 1.54) is 6.07 Å². The third-order valence-corrected chi connectivity index (χ3v) is 2.21. The van der Waals surface area contributed by atoms with Crippen molar-refractivity contribution in [2.24, 2.45) is 0 Å². The Balaban J connectivity index is 2.81. The second-order valence-electron chi connectivity index (χ2n) is 2.93. The molecule has 0 aliphatic heterocycles. The Kier molecular flexibility index (Phi) is 1.72. The van der Waals surface area contributed by atoms with Crippen molar-refractivity contribution in [3.63, 3.8) is 0 Å². The second kappa shape index (κ2) is 2.76. The van der Waals surface area contributed by atoms with Crippen molar-refractivity contribution >= 4 is 10.9 Å². The van der Waals surface area contributed by atoms with Crippen molar-refractivity contribution in [1.29, 1.82) is 0 Å². The minimum absolute atomic E-state index is 0.290. The highest BCUT2D eigenvalue weighted by atomic mass is 19.1. The summed E-state index contributed by atoms with van der Waals surface area (Å²) in [5.41, 5.74) is 0.817. The molecule has 1 aromatic carbocycles. The molecule has 1 aromatic heterocycles. The van der Waals surface area contributed by atoms with Gasteiger partial charge in [0.1, 0.15) is 0 Å². The first-order valence-electron chi connectivity index (χ1n) is 4.20. The van der Waals surface area contributed by atoms with E-state index in [0.29, 0.717) is 5.39 Å². The van der Waals surface area contributed by atoms with Gasteiger partial charge in [-0.15, -0.1) is 0 Å². The molecule has 0 radical (unpaired) electrons. The normalized spacial score (nSPS) is 10.9. The van der Waals surface area contributed by atoms with Crippen LogP contribution in [0, 0.1) is 5.82 Å². The highest BCUT2D eigenvalue weighted by Crippen LogP contribution is 2.25. The molecule has 1 heterocycles. The third kappa shape index (κ3) is 1.08. The number of fused-ring (bicyclic) bond motifs is 1. The number of aromatic hydroxyl groups is 1. The third-order valence-electron chi connectivity index (χ3n) is 2.21. The van der Waals surface area contributed by atoms with Crippen LogP contribution in [0.25, 0.3) is 10.9 Å². The van der Waals surface area contributed by atoms with E-state index in [4.69, 9.17) is 5.11 Å². The Morgan fingerprint density at radius 2 is 2.15 bits per heavy atom. The van der Waals surface area contributed by atoms with Gasteiger partial charge in [0.2, 0.25) is 0 Å². The lowest BCUT2D eigenvalue weighted by Crippen LogP contribution is -1.90. The summed E-state index contributed by atoms with van der Waals surface area (Å²) in [6, 6.07) is 4.77. The van der Waals surface area contributed by atoms with Crippen LogP contribution in [-0.4, -0.2) is 9.67 Å². The number of halogens is 1. The molecule has 0 fully saturated rings. The number of aryl methyl sites for hydroxylation is 1. The van der Waals surface area contributed by atoms with E-state index >= 15 is 0 Å². The van der Waals surface area contributed by atoms with Crippen molar-refractivity contribution in [1.82, 2.24) is 4.57 Å². The van der Waals surface area contributed by atoms with Crippen LogP contribution in [0.4, 0.5) is 4.39 Å². The predicted molar refractivity (Wildman–Crippen MR) is 49.2 cm³/mol. The Labute approximate surface area is 75.2 Å². The van der Waals surface area contributed by atoms with Gasteiger partial charge in [0, 0.05) is 18.1 Å². The number of hydrogen-bond acceptors (Lipinski definition) is 1. The number of benzene rings is 1. The van der Waals surface area contributed by atoms with Gasteiger partial charge in [0.15, 0.2) is 11.6 Å². The van der Waals surface area contributed by atoms with Crippen LogP contribution in [0.15, 0.2) is 24.4 Å². The molecule has 0 aliphatic carbocycles. The van der Waals surface area contributed by atoms with Crippen molar-refractivity contribution in [2.75, 3.05) is 0 Å². The first-order chi connectivity index (χ1) is 6.24. The Morgan fingerprint density at radius 3 is 2.85 bits per heavy atom. The van der Waals surface area contributed by atoms with Crippen LogP contribution in [-0.2, 0) is 6.54 Å². The lowest BCUT2D eigenvalue weighted by molar-refractivity contribution is 0.436. The van der Waals surface area contributed by atoms with Crippen LogP contribution in [0.1, 0.15) is 6.92 Å². The molecule has 2 nitrogen and oxygen atoms in total. The van der Waals surface area contributed by atoms with Crippen molar-refractivity contribution in [2.45, 2.75) is 13.5 Å². The van der Waals surface area contributed by atoms with Gasteiger partial charge < -0.3 is 9.67 Å².